The lowest BCUT2D eigenvalue weighted by atomic mass is 9.85. The molecule has 21 heavy (non-hydrogen) atoms. The lowest BCUT2D eigenvalue weighted by Gasteiger charge is -2.30. The topological polar surface area (TPSA) is 71.2 Å². The van der Waals surface area contributed by atoms with Crippen LogP contribution in [0, 0.1) is 5.92 Å². The molecule has 1 aromatic heterocycles. The zero-order valence-corrected chi connectivity index (χ0v) is 12.2. The quantitative estimate of drug-likeness (QED) is 0.668. The third-order valence-corrected chi connectivity index (χ3v) is 4.20. The van der Waals surface area contributed by atoms with E-state index in [1.54, 1.807) is 6.07 Å². The van der Waals surface area contributed by atoms with Crippen LogP contribution in [0.5, 0.6) is 0 Å². The van der Waals surface area contributed by atoms with Crippen molar-refractivity contribution in [2.24, 2.45) is 11.8 Å². The summed E-state index contributed by atoms with van der Waals surface area (Å²) in [5, 5.41) is 0.863. The van der Waals surface area contributed by atoms with E-state index in [4.69, 9.17) is 5.84 Å². The first-order valence-corrected chi connectivity index (χ1v) is 7.31. The van der Waals surface area contributed by atoms with Crippen molar-refractivity contribution in [2.75, 3.05) is 19.0 Å². The number of benzene rings is 1. The molecule has 5 nitrogen and oxygen atoms in total. The van der Waals surface area contributed by atoms with Crippen LogP contribution in [0.25, 0.3) is 10.9 Å². The van der Waals surface area contributed by atoms with Crippen molar-refractivity contribution in [3.05, 3.63) is 35.9 Å². The fourth-order valence-electron chi connectivity index (χ4n) is 2.78. The van der Waals surface area contributed by atoms with Crippen LogP contribution in [-0.2, 0) is 0 Å². The zero-order chi connectivity index (χ0) is 14.8. The molecule has 0 radical (unpaired) electrons. The van der Waals surface area contributed by atoms with E-state index in [2.05, 4.69) is 10.4 Å². The molecule has 1 saturated carbocycles. The first kappa shape index (κ1) is 13.8. The number of nitrogen functional groups attached to an aromatic ring is 1. The second-order valence-corrected chi connectivity index (χ2v) is 5.70. The number of para-hydroxylation sites is 1. The predicted molar refractivity (Wildman–Crippen MR) is 83.9 cm³/mol. The van der Waals surface area contributed by atoms with Gasteiger partial charge in [-0.1, -0.05) is 24.6 Å². The van der Waals surface area contributed by atoms with Gasteiger partial charge in [-0.05, 0) is 30.9 Å². The number of rotatable bonds is 4. The average molecular weight is 284 g/mol. The van der Waals surface area contributed by atoms with E-state index in [1.165, 1.54) is 19.3 Å². The van der Waals surface area contributed by atoms with Gasteiger partial charge in [0, 0.05) is 19.0 Å². The van der Waals surface area contributed by atoms with E-state index < -0.39 is 0 Å². The summed E-state index contributed by atoms with van der Waals surface area (Å²) in [6, 6.07) is 9.36. The Morgan fingerprint density at radius 2 is 2.19 bits per heavy atom. The van der Waals surface area contributed by atoms with E-state index in [0.29, 0.717) is 17.3 Å². The molecule has 0 spiro atoms. The standard InChI is InChI=1S/C16H20N4O/c1-20(10-11-5-4-6-11)16(21)13-9-15(19-17)18-14-8-3-2-7-12(13)14/h2-3,7-9,11H,4-6,10,17H2,1H3,(H,18,19). The zero-order valence-electron chi connectivity index (χ0n) is 12.2. The van der Waals surface area contributed by atoms with Crippen molar-refractivity contribution in [1.29, 1.82) is 0 Å². The summed E-state index contributed by atoms with van der Waals surface area (Å²) in [7, 11) is 1.87. The highest BCUT2D eigenvalue weighted by atomic mass is 16.2. The van der Waals surface area contributed by atoms with E-state index in [0.717, 1.165) is 17.4 Å². The molecule has 1 aliphatic rings. The molecule has 3 N–H and O–H groups in total. The largest absolute Gasteiger partial charge is 0.341 e. The van der Waals surface area contributed by atoms with Crippen LogP contribution < -0.4 is 11.3 Å². The molecular weight excluding hydrogens is 264 g/mol. The number of carbonyl (C=O) groups is 1. The van der Waals surface area contributed by atoms with Gasteiger partial charge in [0.2, 0.25) is 0 Å². The Morgan fingerprint density at radius 3 is 2.86 bits per heavy atom. The summed E-state index contributed by atoms with van der Waals surface area (Å²) in [6.45, 7) is 0.820. The van der Waals surface area contributed by atoms with Crippen LogP contribution in [0.2, 0.25) is 0 Å². The van der Waals surface area contributed by atoms with Crippen molar-refractivity contribution in [2.45, 2.75) is 19.3 Å². The fourth-order valence-corrected chi connectivity index (χ4v) is 2.78. The Morgan fingerprint density at radius 1 is 1.43 bits per heavy atom. The molecule has 5 heteroatoms. The van der Waals surface area contributed by atoms with Crippen molar-refractivity contribution in [3.8, 4) is 0 Å². The van der Waals surface area contributed by atoms with E-state index in [1.807, 2.05) is 36.2 Å². The van der Waals surface area contributed by atoms with E-state index in [9.17, 15) is 4.79 Å². The molecule has 0 atom stereocenters. The summed E-state index contributed by atoms with van der Waals surface area (Å²) in [5.74, 6) is 6.65. The number of amides is 1. The predicted octanol–water partition coefficient (Wildman–Crippen LogP) is 2.39. The molecule has 1 aliphatic carbocycles. The normalized spacial score (nSPS) is 14.8. The molecule has 3 rings (SSSR count). The highest BCUT2D eigenvalue weighted by Gasteiger charge is 2.23. The lowest BCUT2D eigenvalue weighted by molar-refractivity contribution is 0.0747. The number of aromatic nitrogens is 1. The summed E-state index contributed by atoms with van der Waals surface area (Å²) in [5.41, 5.74) is 3.95. The minimum atomic E-state index is 0.0250. The number of fused-ring (bicyclic) bond motifs is 1. The van der Waals surface area contributed by atoms with Crippen LogP contribution >= 0.6 is 0 Å². The number of pyridine rings is 1. The first-order valence-electron chi connectivity index (χ1n) is 7.31. The fraction of sp³-hybridized carbons (Fsp3) is 0.375. The summed E-state index contributed by atoms with van der Waals surface area (Å²) in [4.78, 5) is 18.9. The Kier molecular flexibility index (Phi) is 3.75. The van der Waals surface area contributed by atoms with E-state index in [-0.39, 0.29) is 5.91 Å². The van der Waals surface area contributed by atoms with Gasteiger partial charge in [-0.2, -0.15) is 0 Å². The molecule has 110 valence electrons. The number of nitrogens with one attached hydrogen (secondary N) is 1. The molecule has 2 aromatic rings. The number of anilines is 1. The third kappa shape index (κ3) is 2.69. The van der Waals surface area contributed by atoms with Crippen molar-refractivity contribution in [3.63, 3.8) is 0 Å². The maximum atomic E-state index is 12.7. The molecule has 0 aliphatic heterocycles. The molecular formula is C16H20N4O. The summed E-state index contributed by atoms with van der Waals surface area (Å²) >= 11 is 0. The average Bonchev–Trinajstić information content (AvgIpc) is 2.48. The van der Waals surface area contributed by atoms with Crippen LogP contribution in [0.15, 0.2) is 30.3 Å². The van der Waals surface area contributed by atoms with Gasteiger partial charge in [-0.15, -0.1) is 0 Å². The lowest BCUT2D eigenvalue weighted by Crippen LogP contribution is -2.34. The number of carbonyl (C=O) groups excluding carboxylic acids is 1. The van der Waals surface area contributed by atoms with Crippen LogP contribution in [0.1, 0.15) is 29.6 Å². The first-order chi connectivity index (χ1) is 10.2. The highest BCUT2D eigenvalue weighted by molar-refractivity contribution is 6.06. The molecule has 1 amide bonds. The number of hydrazine groups is 1. The summed E-state index contributed by atoms with van der Waals surface area (Å²) < 4.78 is 0. The summed E-state index contributed by atoms with van der Waals surface area (Å²) in [6.07, 6.45) is 3.74. The minimum Gasteiger partial charge on any atom is -0.341 e. The molecule has 1 heterocycles. The van der Waals surface area contributed by atoms with Gasteiger partial charge in [0.1, 0.15) is 5.82 Å². The molecule has 0 saturated heterocycles. The minimum absolute atomic E-state index is 0.0250. The van der Waals surface area contributed by atoms with Gasteiger partial charge in [-0.3, -0.25) is 4.79 Å². The van der Waals surface area contributed by atoms with Crippen molar-refractivity contribution < 1.29 is 4.79 Å². The van der Waals surface area contributed by atoms with Crippen LogP contribution in [0.3, 0.4) is 0 Å². The second kappa shape index (κ2) is 5.69. The molecule has 0 bridgehead atoms. The SMILES string of the molecule is CN(CC1CCC1)C(=O)c1cc(NN)nc2ccccc12. The molecule has 0 unspecified atom stereocenters. The van der Waals surface area contributed by atoms with Gasteiger partial charge >= 0.3 is 0 Å². The maximum Gasteiger partial charge on any atom is 0.254 e. The van der Waals surface area contributed by atoms with Crippen molar-refractivity contribution >= 4 is 22.6 Å². The van der Waals surface area contributed by atoms with Gasteiger partial charge in [-0.25, -0.2) is 10.8 Å². The van der Waals surface area contributed by atoms with Crippen molar-refractivity contribution in [1.82, 2.24) is 9.88 Å². The smallest absolute Gasteiger partial charge is 0.254 e. The highest BCUT2D eigenvalue weighted by Crippen LogP contribution is 2.28. The number of nitrogens with zero attached hydrogens (tertiary/aromatic N) is 2. The second-order valence-electron chi connectivity index (χ2n) is 5.70. The number of hydrogen-bond donors (Lipinski definition) is 2. The Labute approximate surface area is 124 Å². The van der Waals surface area contributed by atoms with Crippen LogP contribution in [-0.4, -0.2) is 29.4 Å². The van der Waals surface area contributed by atoms with E-state index >= 15 is 0 Å². The van der Waals surface area contributed by atoms with Gasteiger partial charge in [0.15, 0.2) is 0 Å². The van der Waals surface area contributed by atoms with Crippen LogP contribution in [0.4, 0.5) is 5.82 Å². The number of nitrogens with two attached hydrogens (primary N) is 1. The maximum absolute atomic E-state index is 12.7. The Hall–Kier alpha value is -2.14. The van der Waals surface area contributed by atoms with Gasteiger partial charge in [0.05, 0.1) is 11.1 Å². The van der Waals surface area contributed by atoms with Gasteiger partial charge in [0.25, 0.3) is 5.91 Å². The van der Waals surface area contributed by atoms with Gasteiger partial charge < -0.3 is 10.3 Å². The monoisotopic (exact) mass is 284 g/mol. The Balaban J connectivity index is 1.95. The number of hydrogen-bond acceptors (Lipinski definition) is 4. The molecule has 1 aromatic carbocycles. The Bertz CT molecular complexity index is 666. The molecule has 1 fully saturated rings. The third-order valence-electron chi connectivity index (χ3n) is 4.20.